The van der Waals surface area contributed by atoms with E-state index in [0.29, 0.717) is 25.1 Å². The quantitative estimate of drug-likeness (QED) is 0.241. The van der Waals surface area contributed by atoms with E-state index < -0.39 is 41.6 Å². The third-order valence-corrected chi connectivity index (χ3v) is 4.93. The molecule has 0 fully saturated rings. The monoisotopic (exact) mass is 492 g/mol. The highest BCUT2D eigenvalue weighted by atomic mass is 16.6. The second-order valence-electron chi connectivity index (χ2n) is 9.63. The summed E-state index contributed by atoms with van der Waals surface area (Å²) in [5, 5.41) is 10.7. The number of primary amides is 1. The molecule has 0 aromatic heterocycles. The maximum absolute atomic E-state index is 12.9. The number of carbonyl (C=O) groups excluding carboxylic acids is 4. The third-order valence-electron chi connectivity index (χ3n) is 4.93. The number of hydrogen-bond donors (Lipinski definition) is 6. The SMILES string of the molecule is CC(C)[C@@H](N)C(=O)N[C@H](CCCNC(N)=O)C(=O)Nc1ccc(CCNC(=O)OC(C)(C)C)cc1. The van der Waals surface area contributed by atoms with Gasteiger partial charge in [0.1, 0.15) is 11.6 Å². The number of nitrogens with two attached hydrogens (primary N) is 2. The van der Waals surface area contributed by atoms with Crippen LogP contribution < -0.4 is 32.7 Å². The van der Waals surface area contributed by atoms with Crippen molar-refractivity contribution in [3.8, 4) is 0 Å². The molecular weight excluding hydrogens is 452 g/mol. The lowest BCUT2D eigenvalue weighted by atomic mass is 10.0. The predicted molar refractivity (Wildman–Crippen MR) is 135 cm³/mol. The van der Waals surface area contributed by atoms with Crippen molar-refractivity contribution in [2.24, 2.45) is 17.4 Å². The van der Waals surface area contributed by atoms with Gasteiger partial charge < -0.3 is 37.5 Å². The minimum absolute atomic E-state index is 0.0902. The van der Waals surface area contributed by atoms with Crippen LogP contribution in [0.3, 0.4) is 0 Å². The van der Waals surface area contributed by atoms with Crippen LogP contribution in [0.5, 0.6) is 0 Å². The molecule has 0 saturated heterocycles. The van der Waals surface area contributed by atoms with E-state index in [1.165, 1.54) is 0 Å². The number of nitrogens with one attached hydrogen (secondary N) is 4. The number of anilines is 1. The van der Waals surface area contributed by atoms with Crippen LogP contribution in [0.2, 0.25) is 0 Å². The molecule has 196 valence electrons. The van der Waals surface area contributed by atoms with Crippen molar-refractivity contribution in [3.63, 3.8) is 0 Å². The zero-order valence-corrected chi connectivity index (χ0v) is 21.3. The summed E-state index contributed by atoms with van der Waals surface area (Å²) in [5.41, 5.74) is 11.9. The number of alkyl carbamates (subject to hydrolysis) is 1. The number of rotatable bonds is 12. The van der Waals surface area contributed by atoms with Gasteiger partial charge in [-0.3, -0.25) is 9.59 Å². The third kappa shape index (κ3) is 12.6. The minimum Gasteiger partial charge on any atom is -0.444 e. The summed E-state index contributed by atoms with van der Waals surface area (Å²) in [7, 11) is 0. The summed E-state index contributed by atoms with van der Waals surface area (Å²) in [6.45, 7) is 9.72. The molecule has 0 aliphatic rings. The summed E-state index contributed by atoms with van der Waals surface area (Å²) in [5.74, 6) is -0.906. The zero-order chi connectivity index (χ0) is 26.6. The van der Waals surface area contributed by atoms with Gasteiger partial charge in [-0.25, -0.2) is 9.59 Å². The Morgan fingerprint density at radius 1 is 0.971 bits per heavy atom. The molecule has 5 amide bonds. The summed E-state index contributed by atoms with van der Waals surface area (Å²) in [6.07, 6.45) is 0.836. The lowest BCUT2D eigenvalue weighted by Gasteiger charge is -2.22. The average Bonchev–Trinajstić information content (AvgIpc) is 2.74. The van der Waals surface area contributed by atoms with Crippen LogP contribution in [0, 0.1) is 5.92 Å². The predicted octanol–water partition coefficient (Wildman–Crippen LogP) is 1.61. The number of benzene rings is 1. The Hall–Kier alpha value is -3.34. The van der Waals surface area contributed by atoms with Crippen LogP contribution in [-0.2, 0) is 20.7 Å². The van der Waals surface area contributed by atoms with Crippen molar-refractivity contribution in [1.29, 1.82) is 0 Å². The molecule has 8 N–H and O–H groups in total. The topological polar surface area (TPSA) is 178 Å². The fourth-order valence-corrected chi connectivity index (χ4v) is 2.96. The average molecular weight is 493 g/mol. The van der Waals surface area contributed by atoms with Crippen molar-refractivity contribution in [2.75, 3.05) is 18.4 Å². The molecule has 0 aliphatic carbocycles. The Kier molecular flexibility index (Phi) is 12.0. The highest BCUT2D eigenvalue weighted by Gasteiger charge is 2.25. The van der Waals surface area contributed by atoms with Crippen molar-refractivity contribution in [1.82, 2.24) is 16.0 Å². The molecular formula is C24H40N6O5. The van der Waals surface area contributed by atoms with Crippen LogP contribution in [0.25, 0.3) is 0 Å². The normalized spacial score (nSPS) is 12.9. The number of urea groups is 1. The van der Waals surface area contributed by atoms with E-state index >= 15 is 0 Å². The van der Waals surface area contributed by atoms with Crippen molar-refractivity contribution in [3.05, 3.63) is 29.8 Å². The van der Waals surface area contributed by atoms with E-state index in [-0.39, 0.29) is 18.9 Å². The highest BCUT2D eigenvalue weighted by Crippen LogP contribution is 2.12. The fourth-order valence-electron chi connectivity index (χ4n) is 2.96. The molecule has 0 bridgehead atoms. The molecule has 1 rings (SSSR count). The Labute approximate surface area is 207 Å². The van der Waals surface area contributed by atoms with Crippen LogP contribution in [0.1, 0.15) is 53.0 Å². The smallest absolute Gasteiger partial charge is 0.407 e. The highest BCUT2D eigenvalue weighted by molar-refractivity contribution is 5.97. The van der Waals surface area contributed by atoms with Gasteiger partial charge in [-0.1, -0.05) is 26.0 Å². The molecule has 11 nitrogen and oxygen atoms in total. The van der Waals surface area contributed by atoms with Gasteiger partial charge in [0, 0.05) is 18.8 Å². The van der Waals surface area contributed by atoms with Gasteiger partial charge in [0.15, 0.2) is 0 Å². The summed E-state index contributed by atoms with van der Waals surface area (Å²) >= 11 is 0. The largest absolute Gasteiger partial charge is 0.444 e. The fraction of sp³-hybridized carbons (Fsp3) is 0.583. The maximum Gasteiger partial charge on any atom is 0.407 e. The molecule has 1 aromatic carbocycles. The Bertz CT molecular complexity index is 851. The van der Waals surface area contributed by atoms with Crippen LogP contribution in [-0.4, -0.2) is 54.7 Å². The Morgan fingerprint density at radius 2 is 1.60 bits per heavy atom. The number of carbonyl (C=O) groups is 4. The molecule has 35 heavy (non-hydrogen) atoms. The van der Waals surface area contributed by atoms with E-state index in [9.17, 15) is 19.2 Å². The first kappa shape index (κ1) is 29.7. The minimum atomic E-state index is -0.834. The first-order chi connectivity index (χ1) is 16.3. The van der Waals surface area contributed by atoms with Gasteiger partial charge in [-0.2, -0.15) is 0 Å². The van der Waals surface area contributed by atoms with Crippen molar-refractivity contribution in [2.45, 2.75) is 71.6 Å². The van der Waals surface area contributed by atoms with Crippen LogP contribution in [0.15, 0.2) is 24.3 Å². The van der Waals surface area contributed by atoms with Crippen LogP contribution >= 0.6 is 0 Å². The molecule has 1 aromatic rings. The standard InChI is InChI=1S/C24H40N6O5/c1-15(2)19(25)21(32)30-18(7-6-13-27-22(26)33)20(31)29-17-10-8-16(9-11-17)12-14-28-23(34)35-24(3,4)5/h8-11,15,18-19H,6-7,12-14,25H2,1-5H3,(H,28,34)(H,29,31)(H,30,32)(H3,26,27,33)/t18-,19-/m1/s1. The van der Waals surface area contributed by atoms with E-state index in [2.05, 4.69) is 21.3 Å². The summed E-state index contributed by atoms with van der Waals surface area (Å²) in [4.78, 5) is 47.9. The maximum atomic E-state index is 12.9. The molecule has 0 unspecified atom stereocenters. The van der Waals surface area contributed by atoms with Gasteiger partial charge in [-0.15, -0.1) is 0 Å². The number of ether oxygens (including phenoxy) is 1. The summed E-state index contributed by atoms with van der Waals surface area (Å²) < 4.78 is 5.20. The number of hydrogen-bond acceptors (Lipinski definition) is 6. The van der Waals surface area contributed by atoms with E-state index in [4.69, 9.17) is 16.2 Å². The molecule has 0 radical (unpaired) electrons. The van der Waals surface area contributed by atoms with E-state index in [1.54, 1.807) is 32.9 Å². The van der Waals surface area contributed by atoms with E-state index in [0.717, 1.165) is 5.56 Å². The van der Waals surface area contributed by atoms with Gasteiger partial charge in [0.05, 0.1) is 6.04 Å². The molecule has 0 saturated carbocycles. The van der Waals surface area contributed by atoms with Crippen LogP contribution in [0.4, 0.5) is 15.3 Å². The van der Waals surface area contributed by atoms with Gasteiger partial charge in [0.2, 0.25) is 11.8 Å². The molecule has 0 aliphatic heterocycles. The summed E-state index contributed by atoms with van der Waals surface area (Å²) in [6, 6.07) is 4.93. The molecule has 2 atom stereocenters. The van der Waals surface area contributed by atoms with Gasteiger partial charge in [-0.05, 0) is 63.6 Å². The molecule has 11 heteroatoms. The first-order valence-electron chi connectivity index (χ1n) is 11.7. The molecule has 0 spiro atoms. The molecule has 0 heterocycles. The zero-order valence-electron chi connectivity index (χ0n) is 21.3. The Morgan fingerprint density at radius 3 is 2.14 bits per heavy atom. The lowest BCUT2D eigenvalue weighted by molar-refractivity contribution is -0.128. The van der Waals surface area contributed by atoms with E-state index in [1.807, 2.05) is 26.0 Å². The van der Waals surface area contributed by atoms with Gasteiger partial charge in [0.25, 0.3) is 0 Å². The van der Waals surface area contributed by atoms with Crippen molar-refractivity contribution < 1.29 is 23.9 Å². The van der Waals surface area contributed by atoms with Crippen molar-refractivity contribution >= 4 is 29.6 Å². The van der Waals surface area contributed by atoms with Gasteiger partial charge >= 0.3 is 12.1 Å². The first-order valence-corrected chi connectivity index (χ1v) is 11.7. The number of amides is 5. The second kappa shape index (κ2) is 14.1. The Balaban J connectivity index is 2.67. The second-order valence-corrected chi connectivity index (χ2v) is 9.63. The lowest BCUT2D eigenvalue weighted by Crippen LogP contribution is -2.51.